The molecule has 0 radical (unpaired) electrons. The average molecular weight is 502 g/mol. The maximum atomic E-state index is 13.1. The fourth-order valence-electron chi connectivity index (χ4n) is 5.02. The number of aryl methyl sites for hydroxylation is 2. The maximum Gasteiger partial charge on any atom is 0.259 e. The number of hydrogen-bond donors (Lipinski definition) is 2. The van der Waals surface area contributed by atoms with Crippen LogP contribution in [0, 0.1) is 6.92 Å². The van der Waals surface area contributed by atoms with Crippen molar-refractivity contribution in [1.29, 1.82) is 0 Å². The molecule has 37 heavy (non-hydrogen) atoms. The van der Waals surface area contributed by atoms with Crippen LogP contribution < -0.4 is 10.6 Å². The number of fused-ring (bicyclic) bond motifs is 1. The summed E-state index contributed by atoms with van der Waals surface area (Å²) in [5, 5.41) is 14.4. The molecule has 2 amide bonds. The van der Waals surface area contributed by atoms with Gasteiger partial charge >= 0.3 is 0 Å². The largest absolute Gasteiger partial charge is 0.325 e. The smallest absolute Gasteiger partial charge is 0.259 e. The number of pyridine rings is 1. The molecule has 5 heterocycles. The molecule has 0 bridgehead atoms. The first kappa shape index (κ1) is 24.6. The number of carbonyl (C=O) groups is 2. The Hall–Kier alpha value is -4.12. The second-order valence-electron chi connectivity index (χ2n) is 9.54. The number of carbonyl (C=O) groups excluding carboxylic acids is 2. The number of amides is 2. The van der Waals surface area contributed by atoms with Crippen molar-refractivity contribution in [2.45, 2.75) is 52.1 Å². The summed E-state index contributed by atoms with van der Waals surface area (Å²) in [4.78, 5) is 37.1. The summed E-state index contributed by atoms with van der Waals surface area (Å²) < 4.78 is 3.32. The van der Waals surface area contributed by atoms with E-state index in [0.717, 1.165) is 24.9 Å². The van der Waals surface area contributed by atoms with E-state index in [1.807, 2.05) is 13.2 Å². The quantitative estimate of drug-likeness (QED) is 0.398. The van der Waals surface area contributed by atoms with Crippen LogP contribution in [0.15, 0.2) is 43.2 Å². The molecule has 1 aliphatic heterocycles. The van der Waals surface area contributed by atoms with Crippen molar-refractivity contribution < 1.29 is 9.59 Å². The lowest BCUT2D eigenvalue weighted by Gasteiger charge is -2.26. The van der Waals surface area contributed by atoms with E-state index in [9.17, 15) is 9.59 Å². The van der Waals surface area contributed by atoms with Crippen molar-refractivity contribution in [3.8, 4) is 11.3 Å². The molecule has 4 aromatic rings. The summed E-state index contributed by atoms with van der Waals surface area (Å²) in [7, 11) is 1.84. The third-order valence-electron chi connectivity index (χ3n) is 7.01. The summed E-state index contributed by atoms with van der Waals surface area (Å²) in [5.41, 5.74) is 4.22. The Morgan fingerprint density at radius 2 is 1.89 bits per heavy atom. The van der Waals surface area contributed by atoms with Crippen LogP contribution in [0.3, 0.4) is 0 Å². The van der Waals surface area contributed by atoms with Crippen LogP contribution >= 0.6 is 0 Å². The number of rotatable bonds is 7. The normalized spacial score (nSPS) is 17.8. The van der Waals surface area contributed by atoms with Gasteiger partial charge < -0.3 is 10.6 Å². The summed E-state index contributed by atoms with van der Waals surface area (Å²) in [6.07, 6.45) is 12.6. The minimum atomic E-state index is -0.335. The van der Waals surface area contributed by atoms with Crippen molar-refractivity contribution in [2.75, 3.05) is 17.2 Å². The number of aromatic nitrogens is 6. The fourth-order valence-corrected chi connectivity index (χ4v) is 5.02. The maximum absolute atomic E-state index is 13.1. The van der Waals surface area contributed by atoms with Crippen molar-refractivity contribution in [2.24, 2.45) is 7.05 Å². The van der Waals surface area contributed by atoms with Crippen molar-refractivity contribution in [1.82, 2.24) is 34.3 Å². The molecule has 2 N–H and O–H groups in total. The molecule has 1 saturated heterocycles. The Balaban J connectivity index is 1.28. The van der Waals surface area contributed by atoms with Gasteiger partial charge in [0.15, 0.2) is 0 Å². The summed E-state index contributed by atoms with van der Waals surface area (Å²) in [6.45, 7) is 7.08. The predicted octanol–water partition coefficient (Wildman–Crippen LogP) is 3.29. The van der Waals surface area contributed by atoms with E-state index >= 15 is 0 Å². The van der Waals surface area contributed by atoms with E-state index in [-0.39, 0.29) is 17.9 Å². The summed E-state index contributed by atoms with van der Waals surface area (Å²) in [5.74, 6) is -0.392. The lowest BCUT2D eigenvalue weighted by molar-refractivity contribution is -0.117. The van der Waals surface area contributed by atoms with Gasteiger partial charge in [0.05, 0.1) is 64.8 Å². The zero-order valence-electron chi connectivity index (χ0n) is 21.5. The lowest BCUT2D eigenvalue weighted by atomic mass is 10.1. The average Bonchev–Trinajstić information content (AvgIpc) is 3.59. The zero-order valence-corrected chi connectivity index (χ0v) is 21.5. The van der Waals surface area contributed by atoms with Gasteiger partial charge in [-0.3, -0.25) is 29.1 Å². The number of hydrogen-bond acceptors (Lipinski definition) is 7. The predicted molar refractivity (Wildman–Crippen MR) is 140 cm³/mol. The fraction of sp³-hybridized carbons (Fsp3) is 0.385. The highest BCUT2D eigenvalue weighted by molar-refractivity contribution is 6.09. The van der Waals surface area contributed by atoms with Crippen LogP contribution in [-0.2, 0) is 11.8 Å². The number of nitrogens with one attached hydrogen (secondary N) is 2. The first-order chi connectivity index (χ1) is 17.8. The molecule has 4 aromatic heterocycles. The third kappa shape index (κ3) is 5.08. The van der Waals surface area contributed by atoms with Gasteiger partial charge in [-0.25, -0.2) is 4.52 Å². The molecular formula is C26H31N9O2. The van der Waals surface area contributed by atoms with Crippen molar-refractivity contribution in [3.05, 3.63) is 54.5 Å². The van der Waals surface area contributed by atoms with E-state index in [1.165, 1.54) is 6.20 Å². The van der Waals surface area contributed by atoms with Crippen LogP contribution in [0.25, 0.3) is 16.8 Å². The van der Waals surface area contributed by atoms with Gasteiger partial charge in [0, 0.05) is 37.3 Å². The van der Waals surface area contributed by atoms with Gasteiger partial charge in [0.2, 0.25) is 5.91 Å². The van der Waals surface area contributed by atoms with E-state index < -0.39 is 0 Å². The molecule has 1 fully saturated rings. The van der Waals surface area contributed by atoms with Gasteiger partial charge in [-0.2, -0.15) is 10.2 Å². The Morgan fingerprint density at radius 3 is 2.65 bits per heavy atom. The molecule has 0 aliphatic carbocycles. The monoisotopic (exact) mass is 501 g/mol. The summed E-state index contributed by atoms with van der Waals surface area (Å²) in [6, 6.07) is 2.49. The van der Waals surface area contributed by atoms with Gasteiger partial charge in [0.1, 0.15) is 0 Å². The number of nitrogens with zero attached hydrogens (tertiary/aromatic N) is 7. The summed E-state index contributed by atoms with van der Waals surface area (Å²) >= 11 is 0. The molecule has 2 atom stereocenters. The first-order valence-corrected chi connectivity index (χ1v) is 12.5. The Labute approximate surface area is 214 Å². The molecular weight excluding hydrogens is 470 g/mol. The highest BCUT2D eigenvalue weighted by Gasteiger charge is 2.30. The molecule has 5 rings (SSSR count). The lowest BCUT2D eigenvalue weighted by Crippen LogP contribution is -2.36. The van der Waals surface area contributed by atoms with Crippen molar-refractivity contribution in [3.63, 3.8) is 0 Å². The van der Waals surface area contributed by atoms with E-state index in [0.29, 0.717) is 46.3 Å². The topological polar surface area (TPSA) is 122 Å². The second kappa shape index (κ2) is 10.1. The van der Waals surface area contributed by atoms with Crippen LogP contribution in [0.2, 0.25) is 0 Å². The standard InChI is InChI=1S/C26H31N9O2/c1-5-34-16(2)6-7-20(34)9-25(36)31-19-8-22(17(3)27-11-19)32-26(37)21-12-30-35-15-23(28-13-24(21)35)18-10-29-33(4)14-18/h8,10-16,20H,5-7,9H2,1-4H3,(H,31,36)(H,32,37). The van der Waals surface area contributed by atoms with Gasteiger partial charge in [-0.1, -0.05) is 6.92 Å². The Morgan fingerprint density at radius 1 is 1.05 bits per heavy atom. The van der Waals surface area contributed by atoms with Crippen molar-refractivity contribution >= 4 is 28.7 Å². The van der Waals surface area contributed by atoms with Crippen LogP contribution in [0.1, 0.15) is 49.2 Å². The molecule has 2 unspecified atom stereocenters. The van der Waals surface area contributed by atoms with E-state index in [4.69, 9.17) is 0 Å². The van der Waals surface area contributed by atoms with Crippen LogP contribution in [-0.4, -0.2) is 64.7 Å². The molecule has 0 saturated carbocycles. The van der Waals surface area contributed by atoms with Crippen LogP contribution in [0.5, 0.6) is 0 Å². The SMILES string of the molecule is CCN1C(C)CCC1CC(=O)Nc1cnc(C)c(NC(=O)c2cnn3cc(-c4cnn(C)c4)ncc23)c1. The highest BCUT2D eigenvalue weighted by Crippen LogP contribution is 2.26. The van der Waals surface area contributed by atoms with Gasteiger partial charge in [-0.15, -0.1) is 0 Å². The highest BCUT2D eigenvalue weighted by atomic mass is 16.2. The van der Waals surface area contributed by atoms with Gasteiger partial charge in [0.25, 0.3) is 5.91 Å². The molecule has 0 aromatic carbocycles. The molecule has 11 heteroatoms. The first-order valence-electron chi connectivity index (χ1n) is 12.5. The molecule has 1 aliphatic rings. The molecule has 192 valence electrons. The van der Waals surface area contributed by atoms with Crippen LogP contribution in [0.4, 0.5) is 11.4 Å². The molecule has 11 nitrogen and oxygen atoms in total. The van der Waals surface area contributed by atoms with Gasteiger partial charge in [-0.05, 0) is 39.3 Å². The van der Waals surface area contributed by atoms with E-state index in [2.05, 4.69) is 49.5 Å². The Kier molecular flexibility index (Phi) is 6.70. The van der Waals surface area contributed by atoms with E-state index in [1.54, 1.807) is 47.0 Å². The second-order valence-corrected chi connectivity index (χ2v) is 9.54. The minimum absolute atomic E-state index is 0.0568. The third-order valence-corrected chi connectivity index (χ3v) is 7.01. The molecule has 0 spiro atoms. The zero-order chi connectivity index (χ0) is 26.1. The Bertz CT molecular complexity index is 1460. The minimum Gasteiger partial charge on any atom is -0.325 e. The number of anilines is 2. The number of likely N-dealkylation sites (tertiary alicyclic amines) is 1.